The van der Waals surface area contributed by atoms with Crippen LogP contribution in [-0.4, -0.2) is 23.1 Å². The van der Waals surface area contributed by atoms with Gasteiger partial charge in [-0.1, -0.05) is 127 Å². The first-order valence-corrected chi connectivity index (χ1v) is 17.1. The van der Waals surface area contributed by atoms with E-state index in [1.54, 1.807) is 0 Å². The van der Waals surface area contributed by atoms with Crippen molar-refractivity contribution in [3.05, 3.63) is 48.6 Å². The zero-order valence-electron chi connectivity index (χ0n) is 26.8. The highest BCUT2D eigenvalue weighted by Gasteiger charge is 2.14. The summed E-state index contributed by atoms with van der Waals surface area (Å²) in [5.74, 6) is -0.748. The predicted octanol–water partition coefficient (Wildman–Crippen LogP) is 11.6. The number of hydrogen-bond acceptors (Lipinski definition) is 3. The summed E-state index contributed by atoms with van der Waals surface area (Å²) in [5, 5.41) is 8.77. The van der Waals surface area contributed by atoms with Crippen LogP contribution in [0.4, 0.5) is 0 Å². The Morgan fingerprint density at radius 2 is 1.02 bits per heavy atom. The van der Waals surface area contributed by atoms with Gasteiger partial charge in [-0.25, -0.2) is 0 Å². The van der Waals surface area contributed by atoms with E-state index >= 15 is 0 Å². The highest BCUT2D eigenvalue weighted by Crippen LogP contribution is 2.18. The molecule has 41 heavy (non-hydrogen) atoms. The first-order valence-electron chi connectivity index (χ1n) is 17.1. The molecule has 4 nitrogen and oxygen atoms in total. The van der Waals surface area contributed by atoms with Crippen molar-refractivity contribution in [1.29, 1.82) is 0 Å². The average molecular weight is 573 g/mol. The average Bonchev–Trinajstić information content (AvgIpc) is 2.95. The zero-order chi connectivity index (χ0) is 30.1. The molecule has 0 aliphatic rings. The van der Waals surface area contributed by atoms with Crippen molar-refractivity contribution < 1.29 is 19.4 Å². The Labute approximate surface area is 253 Å². The van der Waals surface area contributed by atoms with Gasteiger partial charge in [0.1, 0.15) is 6.10 Å². The fraction of sp³-hybridized carbons (Fsp3) is 0.730. The van der Waals surface area contributed by atoms with Crippen LogP contribution in [0.5, 0.6) is 0 Å². The second kappa shape index (κ2) is 32.4. The van der Waals surface area contributed by atoms with Crippen LogP contribution < -0.4 is 0 Å². The summed E-state index contributed by atoms with van der Waals surface area (Å²) in [5.41, 5.74) is 0. The highest BCUT2D eigenvalue weighted by atomic mass is 16.5. The molecule has 1 atom stereocenters. The van der Waals surface area contributed by atoms with E-state index in [1.165, 1.54) is 44.9 Å². The van der Waals surface area contributed by atoms with Gasteiger partial charge in [-0.05, 0) is 77.0 Å². The molecule has 0 fully saturated rings. The normalized spacial score (nSPS) is 12.8. The predicted molar refractivity (Wildman–Crippen MR) is 176 cm³/mol. The number of ether oxygens (including phenoxy) is 1. The maximum atomic E-state index is 12.5. The van der Waals surface area contributed by atoms with E-state index < -0.39 is 5.97 Å². The van der Waals surface area contributed by atoms with Crippen molar-refractivity contribution >= 4 is 11.9 Å². The van der Waals surface area contributed by atoms with Gasteiger partial charge in [0.05, 0.1) is 0 Å². The molecular weight excluding hydrogens is 508 g/mol. The van der Waals surface area contributed by atoms with Crippen molar-refractivity contribution in [3.63, 3.8) is 0 Å². The van der Waals surface area contributed by atoms with Gasteiger partial charge in [0.25, 0.3) is 0 Å². The Bertz CT molecular complexity index is 704. The van der Waals surface area contributed by atoms with Crippen LogP contribution in [0.3, 0.4) is 0 Å². The van der Waals surface area contributed by atoms with Crippen molar-refractivity contribution in [2.24, 2.45) is 0 Å². The third-order valence-electron chi connectivity index (χ3n) is 7.32. The fourth-order valence-corrected chi connectivity index (χ4v) is 4.82. The number of aliphatic carboxylic acids is 1. The second-order valence-electron chi connectivity index (χ2n) is 11.3. The summed E-state index contributed by atoms with van der Waals surface area (Å²) in [6, 6.07) is 0. The van der Waals surface area contributed by atoms with Crippen molar-refractivity contribution in [1.82, 2.24) is 0 Å². The number of hydrogen-bond donors (Lipinski definition) is 1. The van der Waals surface area contributed by atoms with Gasteiger partial charge in [-0.2, -0.15) is 0 Å². The maximum Gasteiger partial charge on any atom is 0.306 e. The van der Waals surface area contributed by atoms with Crippen LogP contribution in [0.25, 0.3) is 0 Å². The molecule has 0 bridgehead atoms. The van der Waals surface area contributed by atoms with Crippen LogP contribution in [0.2, 0.25) is 0 Å². The minimum Gasteiger partial charge on any atom is -0.481 e. The first-order chi connectivity index (χ1) is 20.1. The zero-order valence-corrected chi connectivity index (χ0v) is 26.8. The van der Waals surface area contributed by atoms with E-state index in [2.05, 4.69) is 62.5 Å². The van der Waals surface area contributed by atoms with Gasteiger partial charge in [0, 0.05) is 12.8 Å². The number of rotatable bonds is 30. The van der Waals surface area contributed by atoms with Crippen LogP contribution >= 0.6 is 0 Å². The van der Waals surface area contributed by atoms with E-state index in [1.807, 2.05) is 0 Å². The largest absolute Gasteiger partial charge is 0.481 e. The molecule has 0 radical (unpaired) electrons. The van der Waals surface area contributed by atoms with Crippen LogP contribution in [0, 0.1) is 0 Å². The molecule has 0 amide bonds. The summed E-state index contributed by atoms with van der Waals surface area (Å²) in [6.07, 6.45) is 42.6. The molecule has 0 saturated carbocycles. The maximum absolute atomic E-state index is 12.5. The topological polar surface area (TPSA) is 63.6 Å². The molecule has 1 N–H and O–H groups in total. The third kappa shape index (κ3) is 32.3. The van der Waals surface area contributed by atoms with Crippen LogP contribution in [0.1, 0.15) is 168 Å². The van der Waals surface area contributed by atoms with E-state index in [9.17, 15) is 9.59 Å². The standard InChI is InChI=1S/C37H64O4/c1-3-5-7-9-11-13-14-15-16-17-18-19-21-26-30-34-37(40)41-35(31-27-23-20-12-10-8-6-4-2)32-28-24-22-25-29-33-36(38)39/h5,7,11,13,15-16,18-19,35H,3-4,6,8-10,12,14,17,20-34H2,1-2H3,(H,38,39)/b7-5-,13-11-,16-15-,19-18-. The van der Waals surface area contributed by atoms with Gasteiger partial charge < -0.3 is 9.84 Å². The van der Waals surface area contributed by atoms with Gasteiger partial charge in [-0.3, -0.25) is 9.59 Å². The van der Waals surface area contributed by atoms with Crippen molar-refractivity contribution in [2.45, 2.75) is 174 Å². The van der Waals surface area contributed by atoms with Gasteiger partial charge >= 0.3 is 11.9 Å². The number of esters is 1. The van der Waals surface area contributed by atoms with E-state index in [0.29, 0.717) is 6.42 Å². The summed E-state index contributed by atoms with van der Waals surface area (Å²) < 4.78 is 5.94. The lowest BCUT2D eigenvalue weighted by Crippen LogP contribution is -2.18. The molecule has 0 heterocycles. The number of carbonyl (C=O) groups is 2. The van der Waals surface area contributed by atoms with Gasteiger partial charge in [0.15, 0.2) is 0 Å². The first kappa shape index (κ1) is 38.9. The Balaban J connectivity index is 4.12. The summed E-state index contributed by atoms with van der Waals surface area (Å²) in [4.78, 5) is 23.2. The minimum absolute atomic E-state index is 0.0379. The third-order valence-corrected chi connectivity index (χ3v) is 7.32. The molecule has 0 aromatic heterocycles. The molecule has 0 rings (SSSR count). The summed E-state index contributed by atoms with van der Waals surface area (Å²) in [6.45, 7) is 4.41. The Hall–Kier alpha value is -2.10. The van der Waals surface area contributed by atoms with Crippen molar-refractivity contribution in [2.75, 3.05) is 0 Å². The molecule has 0 aromatic carbocycles. The Kier molecular flexibility index (Phi) is 30.8. The van der Waals surface area contributed by atoms with E-state index in [-0.39, 0.29) is 18.5 Å². The van der Waals surface area contributed by atoms with Crippen molar-refractivity contribution in [3.8, 4) is 0 Å². The molecular formula is C37H64O4. The Morgan fingerprint density at radius 1 is 0.561 bits per heavy atom. The van der Waals surface area contributed by atoms with E-state index in [0.717, 1.165) is 96.3 Å². The lowest BCUT2D eigenvalue weighted by Gasteiger charge is -2.18. The Morgan fingerprint density at radius 3 is 1.56 bits per heavy atom. The van der Waals surface area contributed by atoms with Gasteiger partial charge in [0.2, 0.25) is 0 Å². The molecule has 0 aliphatic carbocycles. The molecule has 0 aliphatic heterocycles. The monoisotopic (exact) mass is 572 g/mol. The minimum atomic E-state index is -0.708. The number of carbonyl (C=O) groups excluding carboxylic acids is 1. The molecule has 4 heteroatoms. The van der Waals surface area contributed by atoms with E-state index in [4.69, 9.17) is 9.84 Å². The molecule has 0 saturated heterocycles. The number of unbranched alkanes of at least 4 members (excludes halogenated alkanes) is 13. The molecule has 1 unspecified atom stereocenters. The molecule has 0 aromatic rings. The molecule has 0 spiro atoms. The lowest BCUT2D eigenvalue weighted by atomic mass is 10.0. The SMILES string of the molecule is CC/C=C\C/C=C\C/C=C\C/C=C\CCCCC(=O)OC(CCCCCCCCCC)CCCCCCCC(=O)O. The fourth-order valence-electron chi connectivity index (χ4n) is 4.82. The molecule has 236 valence electrons. The summed E-state index contributed by atoms with van der Waals surface area (Å²) in [7, 11) is 0. The number of carboxylic acids is 1. The van der Waals surface area contributed by atoms with Crippen LogP contribution in [0.15, 0.2) is 48.6 Å². The lowest BCUT2D eigenvalue weighted by molar-refractivity contribution is -0.150. The summed E-state index contributed by atoms with van der Waals surface area (Å²) >= 11 is 0. The smallest absolute Gasteiger partial charge is 0.306 e. The second-order valence-corrected chi connectivity index (χ2v) is 11.3. The number of carboxylic acid groups (broad SMARTS) is 1. The van der Waals surface area contributed by atoms with Gasteiger partial charge in [-0.15, -0.1) is 0 Å². The number of allylic oxidation sites excluding steroid dienone is 8. The highest BCUT2D eigenvalue weighted by molar-refractivity contribution is 5.69. The van der Waals surface area contributed by atoms with Crippen LogP contribution in [-0.2, 0) is 14.3 Å². The quantitative estimate of drug-likeness (QED) is 0.0528.